The van der Waals surface area contributed by atoms with Crippen molar-refractivity contribution < 1.29 is 9.18 Å². The van der Waals surface area contributed by atoms with Gasteiger partial charge in [0.25, 0.3) is 5.56 Å². The van der Waals surface area contributed by atoms with Gasteiger partial charge in [0.2, 0.25) is 5.91 Å². The van der Waals surface area contributed by atoms with Gasteiger partial charge in [-0.05, 0) is 30.5 Å². The van der Waals surface area contributed by atoms with Gasteiger partial charge in [0.15, 0.2) is 0 Å². The highest BCUT2D eigenvalue weighted by Crippen LogP contribution is 2.34. The van der Waals surface area contributed by atoms with Gasteiger partial charge in [-0.3, -0.25) is 14.5 Å². The molecule has 2 unspecified atom stereocenters. The van der Waals surface area contributed by atoms with Crippen molar-refractivity contribution in [3.8, 4) is 0 Å². The van der Waals surface area contributed by atoms with Gasteiger partial charge < -0.3 is 14.4 Å². The second-order valence-corrected chi connectivity index (χ2v) is 9.08. The van der Waals surface area contributed by atoms with Crippen molar-refractivity contribution in [3.63, 3.8) is 0 Å². The van der Waals surface area contributed by atoms with Gasteiger partial charge >= 0.3 is 0 Å². The van der Waals surface area contributed by atoms with E-state index in [1.54, 1.807) is 24.3 Å². The molecule has 2 atom stereocenters. The number of hydrogen-bond acceptors (Lipinski definition) is 4. The molecule has 2 bridgehead atoms. The van der Waals surface area contributed by atoms with E-state index >= 15 is 0 Å². The van der Waals surface area contributed by atoms with Gasteiger partial charge in [-0.2, -0.15) is 0 Å². The van der Waals surface area contributed by atoms with Gasteiger partial charge in [-0.25, -0.2) is 4.39 Å². The van der Waals surface area contributed by atoms with Crippen molar-refractivity contribution in [2.45, 2.75) is 18.9 Å². The van der Waals surface area contributed by atoms with Gasteiger partial charge in [-0.1, -0.05) is 24.3 Å². The minimum absolute atomic E-state index is 0.0206. The lowest BCUT2D eigenvalue weighted by Crippen LogP contribution is -2.48. The molecule has 1 aromatic carbocycles. The summed E-state index contributed by atoms with van der Waals surface area (Å²) in [4.78, 5) is 31.0. The summed E-state index contributed by atoms with van der Waals surface area (Å²) < 4.78 is 15.9. The number of hydrogen-bond donors (Lipinski definition) is 0. The van der Waals surface area contributed by atoms with Gasteiger partial charge in [0.1, 0.15) is 5.82 Å². The van der Waals surface area contributed by atoms with E-state index in [4.69, 9.17) is 0 Å². The maximum Gasteiger partial charge on any atom is 0.250 e. The van der Waals surface area contributed by atoms with Crippen LogP contribution in [0.25, 0.3) is 0 Å². The SMILES string of the molecule is O=C(C=CCN1CC2CC(C1)c1cccc(=O)n1C2)N1CCN(c2ccccc2F)CC1. The number of benzene rings is 1. The van der Waals surface area contributed by atoms with E-state index in [1.807, 2.05) is 32.6 Å². The summed E-state index contributed by atoms with van der Waals surface area (Å²) in [5, 5.41) is 0. The average Bonchev–Trinajstić information content (AvgIpc) is 2.80. The molecule has 3 aliphatic heterocycles. The van der Waals surface area contributed by atoms with Crippen molar-refractivity contribution in [3.05, 3.63) is 76.5 Å². The molecule has 0 spiro atoms. The molecule has 0 radical (unpaired) electrons. The van der Waals surface area contributed by atoms with E-state index in [1.165, 1.54) is 6.07 Å². The number of amides is 1. The number of nitrogens with zero attached hydrogens (tertiary/aromatic N) is 4. The van der Waals surface area contributed by atoms with Crippen LogP contribution in [0.15, 0.2) is 59.4 Å². The number of piperazine rings is 1. The summed E-state index contributed by atoms with van der Waals surface area (Å²) in [7, 11) is 0. The summed E-state index contributed by atoms with van der Waals surface area (Å²) >= 11 is 0. The molecule has 5 rings (SSSR count). The average molecular weight is 437 g/mol. The molecule has 4 heterocycles. The van der Waals surface area contributed by atoms with Crippen molar-refractivity contribution >= 4 is 11.6 Å². The van der Waals surface area contributed by atoms with Crippen LogP contribution in [0.4, 0.5) is 10.1 Å². The number of carbonyl (C=O) groups is 1. The van der Waals surface area contributed by atoms with Crippen LogP contribution in [0.3, 0.4) is 0 Å². The fourth-order valence-corrected chi connectivity index (χ4v) is 5.43. The number of anilines is 1. The number of rotatable bonds is 4. The number of carbonyl (C=O) groups excluding carboxylic acids is 1. The van der Waals surface area contributed by atoms with E-state index in [-0.39, 0.29) is 17.3 Å². The van der Waals surface area contributed by atoms with Crippen molar-refractivity contribution in [2.75, 3.05) is 50.7 Å². The summed E-state index contributed by atoms with van der Waals surface area (Å²) in [5.74, 6) is 0.669. The zero-order valence-electron chi connectivity index (χ0n) is 18.2. The second kappa shape index (κ2) is 8.90. The van der Waals surface area contributed by atoms with Crippen molar-refractivity contribution in [1.29, 1.82) is 0 Å². The maximum atomic E-state index is 14.0. The normalized spacial score (nSPS) is 23.4. The Labute approximate surface area is 187 Å². The summed E-state index contributed by atoms with van der Waals surface area (Å²) in [6.07, 6.45) is 4.78. The van der Waals surface area contributed by atoms with Crippen molar-refractivity contribution in [1.82, 2.24) is 14.4 Å². The van der Waals surface area contributed by atoms with Crippen molar-refractivity contribution in [2.24, 2.45) is 5.92 Å². The third kappa shape index (κ3) is 4.21. The molecular formula is C25H29FN4O2. The Kier molecular flexibility index (Phi) is 5.83. The highest BCUT2D eigenvalue weighted by Gasteiger charge is 2.34. The Bertz CT molecular complexity index is 1070. The van der Waals surface area contributed by atoms with Gasteiger partial charge in [-0.15, -0.1) is 0 Å². The zero-order valence-corrected chi connectivity index (χ0v) is 18.2. The second-order valence-electron chi connectivity index (χ2n) is 9.08. The molecule has 0 saturated carbocycles. The van der Waals surface area contributed by atoms with Gasteiger partial charge in [0, 0.05) is 76.1 Å². The van der Waals surface area contributed by atoms with Gasteiger partial charge in [0.05, 0.1) is 5.69 Å². The number of halogens is 1. The number of fused-ring (bicyclic) bond motifs is 4. The fraction of sp³-hybridized carbons (Fsp3) is 0.440. The molecule has 0 N–H and O–H groups in total. The van der Waals surface area contributed by atoms with Crippen LogP contribution >= 0.6 is 0 Å². The third-order valence-electron chi connectivity index (χ3n) is 6.96. The molecule has 32 heavy (non-hydrogen) atoms. The standard InChI is InChI=1S/C25H29FN4O2/c26-21-5-1-2-6-23(21)28-11-13-29(14-12-28)24(31)9-4-10-27-16-19-15-20(18-27)22-7-3-8-25(32)30(22)17-19/h1-9,19-20H,10-18H2. The predicted octanol–water partition coefficient (Wildman–Crippen LogP) is 2.31. The Morgan fingerprint density at radius 1 is 1.00 bits per heavy atom. The topological polar surface area (TPSA) is 48.8 Å². The Morgan fingerprint density at radius 3 is 2.62 bits per heavy atom. The number of para-hydroxylation sites is 1. The first-order chi connectivity index (χ1) is 15.6. The minimum Gasteiger partial charge on any atom is -0.366 e. The fourth-order valence-electron chi connectivity index (χ4n) is 5.43. The van der Waals surface area contributed by atoms with Crippen LogP contribution in [0, 0.1) is 11.7 Å². The zero-order chi connectivity index (χ0) is 22.1. The smallest absolute Gasteiger partial charge is 0.250 e. The first-order valence-electron chi connectivity index (χ1n) is 11.5. The number of aromatic nitrogens is 1. The van der Waals surface area contributed by atoms with Crippen LogP contribution in [0.1, 0.15) is 18.0 Å². The molecule has 3 aliphatic rings. The van der Waals surface area contributed by atoms with Crippen LogP contribution in [-0.4, -0.2) is 66.1 Å². The third-order valence-corrected chi connectivity index (χ3v) is 6.96. The van der Waals surface area contributed by atoms with E-state index in [0.717, 1.165) is 38.3 Å². The first-order valence-corrected chi connectivity index (χ1v) is 11.5. The lowest BCUT2D eigenvalue weighted by Gasteiger charge is -2.42. The van der Waals surface area contributed by atoms with E-state index in [9.17, 15) is 14.0 Å². The Balaban J connectivity index is 1.13. The lowest BCUT2D eigenvalue weighted by atomic mass is 9.83. The van der Waals surface area contributed by atoms with Crippen LogP contribution in [-0.2, 0) is 11.3 Å². The number of piperidine rings is 1. The van der Waals surface area contributed by atoms with Crippen LogP contribution in [0.5, 0.6) is 0 Å². The highest BCUT2D eigenvalue weighted by molar-refractivity contribution is 5.87. The Morgan fingerprint density at radius 2 is 1.81 bits per heavy atom. The Hall–Kier alpha value is -2.93. The van der Waals surface area contributed by atoms with E-state index in [0.29, 0.717) is 43.7 Å². The number of likely N-dealkylation sites (tertiary alicyclic amines) is 1. The molecule has 0 aliphatic carbocycles. The molecule has 1 aromatic heterocycles. The molecule has 168 valence electrons. The summed E-state index contributed by atoms with van der Waals surface area (Å²) in [6.45, 7) is 5.86. The largest absolute Gasteiger partial charge is 0.366 e. The molecule has 7 heteroatoms. The van der Waals surface area contributed by atoms with E-state index < -0.39 is 0 Å². The molecule has 6 nitrogen and oxygen atoms in total. The maximum absolute atomic E-state index is 14.0. The monoisotopic (exact) mass is 436 g/mol. The summed E-state index contributed by atoms with van der Waals surface area (Å²) in [6, 6.07) is 12.4. The molecule has 1 amide bonds. The van der Waals surface area contributed by atoms with E-state index in [2.05, 4.69) is 11.0 Å². The predicted molar refractivity (Wildman–Crippen MR) is 122 cm³/mol. The first kappa shape index (κ1) is 20.9. The minimum atomic E-state index is -0.217. The molecule has 2 saturated heterocycles. The quantitative estimate of drug-likeness (QED) is 0.691. The van der Waals surface area contributed by atoms with Crippen LogP contribution < -0.4 is 10.5 Å². The molecule has 2 fully saturated rings. The van der Waals surface area contributed by atoms with Crippen LogP contribution in [0.2, 0.25) is 0 Å². The highest BCUT2D eigenvalue weighted by atomic mass is 19.1. The molecular weight excluding hydrogens is 407 g/mol. The summed E-state index contributed by atoms with van der Waals surface area (Å²) in [5.41, 5.74) is 1.85. The molecule has 2 aromatic rings. The number of pyridine rings is 1. The lowest BCUT2D eigenvalue weighted by molar-refractivity contribution is -0.126.